The lowest BCUT2D eigenvalue weighted by atomic mass is 9.96. The van der Waals surface area contributed by atoms with E-state index in [-0.39, 0.29) is 16.1 Å². The molecule has 0 heterocycles. The average Bonchev–Trinajstić information content (AvgIpc) is 2.20. The van der Waals surface area contributed by atoms with Crippen LogP contribution in [0.25, 0.3) is 0 Å². The molecule has 4 N–H and O–H groups in total. The summed E-state index contributed by atoms with van der Waals surface area (Å²) in [6.45, 7) is 2.30. The second-order valence-corrected chi connectivity index (χ2v) is 4.23. The van der Waals surface area contributed by atoms with E-state index < -0.39 is 11.6 Å². The van der Waals surface area contributed by atoms with Crippen molar-refractivity contribution in [1.29, 1.82) is 0 Å². The quantitative estimate of drug-likeness (QED) is 0.795. The van der Waals surface area contributed by atoms with Gasteiger partial charge in [0, 0.05) is 5.56 Å². The van der Waals surface area contributed by atoms with E-state index >= 15 is 0 Å². The molecule has 0 aliphatic carbocycles. The van der Waals surface area contributed by atoms with Crippen LogP contribution in [0.15, 0.2) is 10.5 Å². The van der Waals surface area contributed by atoms with Crippen molar-refractivity contribution in [3.05, 3.63) is 21.9 Å². The largest absolute Gasteiger partial charge is 0.506 e. The third-order valence-corrected chi connectivity index (χ3v) is 3.08. The molecule has 0 aliphatic heterocycles. The molecule has 1 rings (SSSR count). The Morgan fingerprint density at radius 1 is 1.47 bits per heavy atom. The van der Waals surface area contributed by atoms with Crippen LogP contribution in [0.3, 0.4) is 0 Å². The van der Waals surface area contributed by atoms with Crippen molar-refractivity contribution in [3.8, 4) is 11.5 Å². The first-order valence-electron chi connectivity index (χ1n) is 4.59. The van der Waals surface area contributed by atoms with E-state index in [2.05, 4.69) is 15.9 Å². The van der Waals surface area contributed by atoms with Crippen LogP contribution >= 0.6 is 15.9 Å². The first-order chi connectivity index (χ1) is 6.99. The molecule has 84 valence electrons. The Kier molecular flexibility index (Phi) is 3.93. The average molecular weight is 278 g/mol. The Hall–Kier alpha value is -0.810. The number of aromatic hydroxyl groups is 2. The smallest absolute Gasteiger partial charge is 0.169 e. The second kappa shape index (κ2) is 4.81. The van der Waals surface area contributed by atoms with E-state index in [1.54, 1.807) is 0 Å². The number of halogens is 2. The van der Waals surface area contributed by atoms with E-state index in [4.69, 9.17) is 5.73 Å². The Balaban J connectivity index is 3.19. The van der Waals surface area contributed by atoms with Gasteiger partial charge in [0.15, 0.2) is 11.6 Å². The molecule has 0 aromatic heterocycles. The van der Waals surface area contributed by atoms with Gasteiger partial charge < -0.3 is 15.9 Å². The lowest BCUT2D eigenvalue weighted by Gasteiger charge is -2.14. The highest BCUT2D eigenvalue weighted by molar-refractivity contribution is 9.10. The predicted molar refractivity (Wildman–Crippen MR) is 59.5 cm³/mol. The highest BCUT2D eigenvalue weighted by atomic mass is 79.9. The number of rotatable bonds is 3. The molecule has 0 radical (unpaired) electrons. The van der Waals surface area contributed by atoms with Gasteiger partial charge in [0.05, 0.1) is 0 Å². The molecule has 0 saturated carbocycles. The Morgan fingerprint density at radius 3 is 2.60 bits per heavy atom. The SMILES string of the molecule is CC(CCN)c1cc(F)c(O)c(Br)c1O. The number of phenols is 2. The number of phenolic OH excluding ortho intramolecular Hbond substituents is 2. The maximum Gasteiger partial charge on any atom is 0.169 e. The Bertz CT molecular complexity index is 371. The lowest BCUT2D eigenvalue weighted by molar-refractivity contribution is 0.407. The van der Waals surface area contributed by atoms with Crippen molar-refractivity contribution < 1.29 is 14.6 Å². The number of nitrogens with two attached hydrogens (primary N) is 1. The van der Waals surface area contributed by atoms with Gasteiger partial charge in [-0.15, -0.1) is 0 Å². The molecule has 3 nitrogen and oxygen atoms in total. The monoisotopic (exact) mass is 277 g/mol. The van der Waals surface area contributed by atoms with Crippen LogP contribution < -0.4 is 5.73 Å². The summed E-state index contributed by atoms with van der Waals surface area (Å²) in [6, 6.07) is 1.13. The number of hydrogen-bond donors (Lipinski definition) is 3. The summed E-state index contributed by atoms with van der Waals surface area (Å²) >= 11 is 2.93. The van der Waals surface area contributed by atoms with Crippen LogP contribution in [0.5, 0.6) is 11.5 Å². The molecule has 5 heteroatoms. The molecule has 0 saturated heterocycles. The van der Waals surface area contributed by atoms with Crippen molar-refractivity contribution in [2.24, 2.45) is 5.73 Å². The van der Waals surface area contributed by atoms with Crippen LogP contribution in [-0.2, 0) is 0 Å². The Morgan fingerprint density at radius 2 is 2.07 bits per heavy atom. The van der Waals surface area contributed by atoms with E-state index in [1.807, 2.05) is 6.92 Å². The molecule has 0 bridgehead atoms. The summed E-state index contributed by atoms with van der Waals surface area (Å²) in [5.41, 5.74) is 5.83. The zero-order valence-electron chi connectivity index (χ0n) is 8.30. The molecular formula is C10H13BrFNO2. The zero-order valence-corrected chi connectivity index (χ0v) is 9.88. The third-order valence-electron chi connectivity index (χ3n) is 2.33. The fourth-order valence-corrected chi connectivity index (χ4v) is 1.82. The standard InChI is InChI=1S/C10H13BrFNO2/c1-5(2-3-13)6-4-7(12)10(15)8(11)9(6)14/h4-5,14-15H,2-3,13H2,1H3. The second-order valence-electron chi connectivity index (χ2n) is 3.44. The fourth-order valence-electron chi connectivity index (χ4n) is 1.40. The number of benzene rings is 1. The zero-order chi connectivity index (χ0) is 11.6. The van der Waals surface area contributed by atoms with Gasteiger partial charge in [-0.05, 0) is 40.9 Å². The molecule has 0 spiro atoms. The van der Waals surface area contributed by atoms with E-state index in [0.29, 0.717) is 18.5 Å². The van der Waals surface area contributed by atoms with Gasteiger partial charge >= 0.3 is 0 Å². The summed E-state index contributed by atoms with van der Waals surface area (Å²) in [5, 5.41) is 18.9. The van der Waals surface area contributed by atoms with Gasteiger partial charge in [-0.25, -0.2) is 4.39 Å². The van der Waals surface area contributed by atoms with Crippen LogP contribution in [0.2, 0.25) is 0 Å². The summed E-state index contributed by atoms with van der Waals surface area (Å²) in [7, 11) is 0. The maximum atomic E-state index is 13.2. The normalized spacial score (nSPS) is 12.8. The molecule has 1 atom stereocenters. The first-order valence-corrected chi connectivity index (χ1v) is 5.38. The molecular weight excluding hydrogens is 265 g/mol. The highest BCUT2D eigenvalue weighted by Gasteiger charge is 2.18. The van der Waals surface area contributed by atoms with Gasteiger partial charge in [-0.2, -0.15) is 0 Å². The van der Waals surface area contributed by atoms with Crippen LogP contribution in [0.4, 0.5) is 4.39 Å². The third kappa shape index (κ3) is 2.41. The summed E-state index contributed by atoms with van der Waals surface area (Å²) < 4.78 is 13.2. The highest BCUT2D eigenvalue weighted by Crippen LogP contribution is 2.41. The molecule has 1 unspecified atom stereocenters. The van der Waals surface area contributed by atoms with Crippen molar-refractivity contribution in [2.45, 2.75) is 19.3 Å². The topological polar surface area (TPSA) is 66.5 Å². The molecule has 0 fully saturated rings. The van der Waals surface area contributed by atoms with Crippen molar-refractivity contribution >= 4 is 15.9 Å². The van der Waals surface area contributed by atoms with Gasteiger partial charge in [0.2, 0.25) is 0 Å². The van der Waals surface area contributed by atoms with Crippen LogP contribution in [-0.4, -0.2) is 16.8 Å². The minimum Gasteiger partial charge on any atom is -0.506 e. The van der Waals surface area contributed by atoms with Gasteiger partial charge in [0.25, 0.3) is 0 Å². The van der Waals surface area contributed by atoms with Gasteiger partial charge in [-0.3, -0.25) is 0 Å². The molecule has 0 amide bonds. The maximum absolute atomic E-state index is 13.2. The van der Waals surface area contributed by atoms with Crippen molar-refractivity contribution in [3.63, 3.8) is 0 Å². The molecule has 15 heavy (non-hydrogen) atoms. The van der Waals surface area contributed by atoms with Crippen molar-refractivity contribution in [2.75, 3.05) is 6.54 Å². The van der Waals surface area contributed by atoms with Gasteiger partial charge in [-0.1, -0.05) is 6.92 Å². The number of hydrogen-bond acceptors (Lipinski definition) is 3. The lowest BCUT2D eigenvalue weighted by Crippen LogP contribution is -2.05. The predicted octanol–water partition coefficient (Wildman–Crippen LogP) is 2.45. The minimum atomic E-state index is -0.751. The van der Waals surface area contributed by atoms with Crippen LogP contribution in [0.1, 0.15) is 24.8 Å². The fraction of sp³-hybridized carbons (Fsp3) is 0.400. The van der Waals surface area contributed by atoms with Crippen LogP contribution in [0, 0.1) is 5.82 Å². The van der Waals surface area contributed by atoms with Gasteiger partial charge in [0.1, 0.15) is 10.2 Å². The summed E-state index contributed by atoms with van der Waals surface area (Å²) in [5.74, 6) is -1.51. The van der Waals surface area contributed by atoms with E-state index in [0.717, 1.165) is 6.07 Å². The summed E-state index contributed by atoms with van der Waals surface area (Å²) in [4.78, 5) is 0. The first kappa shape index (κ1) is 12.3. The molecule has 0 aliphatic rings. The van der Waals surface area contributed by atoms with E-state index in [1.165, 1.54) is 0 Å². The van der Waals surface area contributed by atoms with E-state index in [9.17, 15) is 14.6 Å². The molecule has 1 aromatic rings. The Labute approximate surface area is 95.9 Å². The minimum absolute atomic E-state index is 0.0126. The van der Waals surface area contributed by atoms with Crippen molar-refractivity contribution in [1.82, 2.24) is 0 Å². The molecule has 1 aromatic carbocycles. The summed E-state index contributed by atoms with van der Waals surface area (Å²) in [6.07, 6.45) is 0.643.